The molecule has 2 aromatic rings. The first-order chi connectivity index (χ1) is 7.27. The second-order valence-corrected chi connectivity index (χ2v) is 3.40. The first-order valence-corrected chi connectivity index (χ1v) is 4.78. The molecule has 2 heterocycles. The summed E-state index contributed by atoms with van der Waals surface area (Å²) in [6, 6.07) is 1.99. The Balaban J connectivity index is 1.86. The van der Waals surface area contributed by atoms with Gasteiger partial charge in [-0.15, -0.1) is 5.10 Å². The highest BCUT2D eigenvalue weighted by molar-refractivity contribution is 5.00. The van der Waals surface area contributed by atoms with Crippen LogP contribution in [0.5, 0.6) is 0 Å². The SMILES string of the molecule is Cn1nccc1CNCc1cnnn1C. The Kier molecular flexibility index (Phi) is 2.77. The van der Waals surface area contributed by atoms with E-state index in [0.29, 0.717) is 0 Å². The summed E-state index contributed by atoms with van der Waals surface area (Å²) in [4.78, 5) is 0. The number of hydrogen-bond donors (Lipinski definition) is 1. The van der Waals surface area contributed by atoms with Crippen molar-refractivity contribution in [2.75, 3.05) is 0 Å². The summed E-state index contributed by atoms with van der Waals surface area (Å²) in [7, 11) is 3.82. The molecule has 0 unspecified atom stereocenters. The summed E-state index contributed by atoms with van der Waals surface area (Å²) >= 11 is 0. The van der Waals surface area contributed by atoms with E-state index in [1.54, 1.807) is 17.1 Å². The van der Waals surface area contributed by atoms with E-state index in [2.05, 4.69) is 20.7 Å². The molecule has 6 nitrogen and oxygen atoms in total. The van der Waals surface area contributed by atoms with Gasteiger partial charge in [0.1, 0.15) is 0 Å². The fourth-order valence-electron chi connectivity index (χ4n) is 1.36. The van der Waals surface area contributed by atoms with Crippen LogP contribution in [0.4, 0.5) is 0 Å². The van der Waals surface area contributed by atoms with E-state index in [9.17, 15) is 0 Å². The normalized spacial score (nSPS) is 10.8. The minimum Gasteiger partial charge on any atom is -0.305 e. The standard InChI is InChI=1S/C9H14N6/c1-14-8(3-4-12-14)5-10-6-9-7-11-13-15(9)2/h3-4,7,10H,5-6H2,1-2H3. The quantitative estimate of drug-likeness (QED) is 0.755. The summed E-state index contributed by atoms with van der Waals surface area (Å²) < 4.78 is 3.62. The minimum absolute atomic E-state index is 0.759. The van der Waals surface area contributed by atoms with Gasteiger partial charge in [-0.2, -0.15) is 5.10 Å². The van der Waals surface area contributed by atoms with Gasteiger partial charge in [0, 0.05) is 33.4 Å². The van der Waals surface area contributed by atoms with Crippen LogP contribution in [0, 0.1) is 0 Å². The maximum absolute atomic E-state index is 4.10. The highest BCUT2D eigenvalue weighted by Crippen LogP contribution is 1.97. The third-order valence-electron chi connectivity index (χ3n) is 2.34. The Morgan fingerprint density at radius 3 is 2.60 bits per heavy atom. The summed E-state index contributed by atoms with van der Waals surface area (Å²) in [5, 5.41) is 15.1. The molecule has 0 atom stereocenters. The van der Waals surface area contributed by atoms with Crippen LogP contribution >= 0.6 is 0 Å². The molecule has 80 valence electrons. The lowest BCUT2D eigenvalue weighted by Crippen LogP contribution is -2.17. The molecule has 0 aliphatic carbocycles. The van der Waals surface area contributed by atoms with E-state index < -0.39 is 0 Å². The van der Waals surface area contributed by atoms with E-state index in [1.807, 2.05) is 24.8 Å². The van der Waals surface area contributed by atoms with Crippen LogP contribution in [0.2, 0.25) is 0 Å². The van der Waals surface area contributed by atoms with Crippen molar-refractivity contribution in [1.29, 1.82) is 0 Å². The zero-order chi connectivity index (χ0) is 10.7. The first-order valence-electron chi connectivity index (χ1n) is 4.78. The van der Waals surface area contributed by atoms with Crippen LogP contribution in [0.1, 0.15) is 11.4 Å². The lowest BCUT2D eigenvalue weighted by molar-refractivity contribution is 0.591. The van der Waals surface area contributed by atoms with Gasteiger partial charge in [0.2, 0.25) is 0 Å². The molecule has 6 heteroatoms. The van der Waals surface area contributed by atoms with Gasteiger partial charge in [0.15, 0.2) is 0 Å². The van der Waals surface area contributed by atoms with Gasteiger partial charge in [-0.05, 0) is 6.07 Å². The van der Waals surface area contributed by atoms with Crippen molar-refractivity contribution in [3.8, 4) is 0 Å². The van der Waals surface area contributed by atoms with Crippen molar-refractivity contribution >= 4 is 0 Å². The van der Waals surface area contributed by atoms with Gasteiger partial charge in [-0.3, -0.25) is 9.36 Å². The molecule has 0 amide bonds. The predicted molar refractivity (Wildman–Crippen MR) is 54.8 cm³/mol. The van der Waals surface area contributed by atoms with Crippen molar-refractivity contribution in [3.05, 3.63) is 29.8 Å². The van der Waals surface area contributed by atoms with Crippen molar-refractivity contribution in [1.82, 2.24) is 30.1 Å². The lowest BCUT2D eigenvalue weighted by Gasteiger charge is -2.04. The van der Waals surface area contributed by atoms with Crippen molar-refractivity contribution < 1.29 is 0 Å². The average molecular weight is 206 g/mol. The number of hydrogen-bond acceptors (Lipinski definition) is 4. The highest BCUT2D eigenvalue weighted by atomic mass is 15.4. The largest absolute Gasteiger partial charge is 0.305 e. The monoisotopic (exact) mass is 206 g/mol. The maximum atomic E-state index is 4.10. The van der Waals surface area contributed by atoms with Crippen LogP contribution in [-0.2, 0) is 27.2 Å². The Morgan fingerprint density at radius 2 is 2.00 bits per heavy atom. The van der Waals surface area contributed by atoms with Crippen LogP contribution in [-0.4, -0.2) is 24.8 Å². The number of aryl methyl sites for hydroxylation is 2. The van der Waals surface area contributed by atoms with Gasteiger partial charge in [-0.1, -0.05) is 5.21 Å². The molecule has 0 saturated carbocycles. The molecular weight excluding hydrogens is 192 g/mol. The van der Waals surface area contributed by atoms with E-state index in [4.69, 9.17) is 0 Å². The van der Waals surface area contributed by atoms with Crippen LogP contribution in [0.25, 0.3) is 0 Å². The third kappa shape index (κ3) is 2.21. The zero-order valence-corrected chi connectivity index (χ0v) is 8.88. The molecule has 1 N–H and O–H groups in total. The van der Waals surface area contributed by atoms with Crippen molar-refractivity contribution in [2.45, 2.75) is 13.1 Å². The topological polar surface area (TPSA) is 60.6 Å². The van der Waals surface area contributed by atoms with E-state index in [1.165, 1.54) is 0 Å². The highest BCUT2D eigenvalue weighted by Gasteiger charge is 2.00. The number of nitrogens with one attached hydrogen (secondary N) is 1. The Morgan fingerprint density at radius 1 is 1.20 bits per heavy atom. The summed E-state index contributed by atoms with van der Waals surface area (Å²) in [6.45, 7) is 1.55. The maximum Gasteiger partial charge on any atom is 0.0738 e. The molecule has 0 aliphatic heterocycles. The van der Waals surface area contributed by atoms with E-state index >= 15 is 0 Å². The fraction of sp³-hybridized carbons (Fsp3) is 0.444. The van der Waals surface area contributed by atoms with E-state index in [-0.39, 0.29) is 0 Å². The predicted octanol–water partition coefficient (Wildman–Crippen LogP) is -0.162. The molecule has 0 aliphatic rings. The smallest absolute Gasteiger partial charge is 0.0738 e. The second kappa shape index (κ2) is 4.22. The summed E-state index contributed by atoms with van der Waals surface area (Å²) in [6.07, 6.45) is 3.55. The van der Waals surface area contributed by atoms with E-state index in [0.717, 1.165) is 24.5 Å². The molecule has 0 saturated heterocycles. The first kappa shape index (κ1) is 9.85. The zero-order valence-electron chi connectivity index (χ0n) is 8.88. The Bertz CT molecular complexity index is 389. The third-order valence-corrected chi connectivity index (χ3v) is 2.34. The van der Waals surface area contributed by atoms with Gasteiger partial charge in [0.25, 0.3) is 0 Å². The second-order valence-electron chi connectivity index (χ2n) is 3.40. The molecule has 0 bridgehead atoms. The average Bonchev–Trinajstić information content (AvgIpc) is 2.78. The van der Waals surface area contributed by atoms with Gasteiger partial charge >= 0.3 is 0 Å². The van der Waals surface area contributed by atoms with Crippen molar-refractivity contribution in [2.24, 2.45) is 14.1 Å². The number of aromatic nitrogens is 5. The number of nitrogens with zero attached hydrogens (tertiary/aromatic N) is 5. The Labute approximate surface area is 87.9 Å². The fourth-order valence-corrected chi connectivity index (χ4v) is 1.36. The molecule has 0 spiro atoms. The molecule has 2 rings (SSSR count). The van der Waals surface area contributed by atoms with Gasteiger partial charge in [-0.25, -0.2) is 0 Å². The molecule has 0 aromatic carbocycles. The van der Waals surface area contributed by atoms with Crippen LogP contribution in [0.3, 0.4) is 0 Å². The molecular formula is C9H14N6. The van der Waals surface area contributed by atoms with Crippen LogP contribution < -0.4 is 5.32 Å². The van der Waals surface area contributed by atoms with Crippen molar-refractivity contribution in [3.63, 3.8) is 0 Å². The Hall–Kier alpha value is -1.69. The van der Waals surface area contributed by atoms with Crippen LogP contribution in [0.15, 0.2) is 18.5 Å². The molecule has 0 radical (unpaired) electrons. The van der Waals surface area contributed by atoms with Gasteiger partial charge in [0.05, 0.1) is 17.6 Å². The summed E-state index contributed by atoms with van der Waals surface area (Å²) in [5.74, 6) is 0. The lowest BCUT2D eigenvalue weighted by atomic mass is 10.4. The van der Waals surface area contributed by atoms with Gasteiger partial charge < -0.3 is 5.32 Å². The molecule has 2 aromatic heterocycles. The molecule has 0 fully saturated rings. The number of rotatable bonds is 4. The molecule has 15 heavy (non-hydrogen) atoms. The summed E-state index contributed by atoms with van der Waals surface area (Å²) in [5.41, 5.74) is 2.22. The minimum atomic E-state index is 0.759.